The van der Waals surface area contributed by atoms with Gasteiger partial charge in [0.25, 0.3) is 0 Å². The molecule has 1 aliphatic heterocycles. The van der Waals surface area contributed by atoms with E-state index in [0.717, 1.165) is 5.75 Å². The van der Waals surface area contributed by atoms with E-state index in [9.17, 15) is 9.59 Å². The van der Waals surface area contributed by atoms with Crippen molar-refractivity contribution in [2.75, 3.05) is 38.7 Å². The monoisotopic (exact) mass is 366 g/mol. The maximum absolute atomic E-state index is 12.4. The minimum absolute atomic E-state index is 0.0610. The molecule has 0 aliphatic carbocycles. The van der Waals surface area contributed by atoms with E-state index in [2.05, 4.69) is 0 Å². The van der Waals surface area contributed by atoms with Crippen molar-refractivity contribution >= 4 is 23.4 Å². The first kappa shape index (κ1) is 19.6. The zero-order valence-corrected chi connectivity index (χ0v) is 15.8. The lowest BCUT2D eigenvalue weighted by Gasteiger charge is -2.38. The molecule has 25 heavy (non-hydrogen) atoms. The van der Waals surface area contributed by atoms with E-state index < -0.39 is 5.41 Å². The van der Waals surface area contributed by atoms with Gasteiger partial charge in [0.1, 0.15) is 5.75 Å². The van der Waals surface area contributed by atoms with Crippen LogP contribution < -0.4 is 4.74 Å². The molecule has 0 N–H and O–H groups in total. The minimum atomic E-state index is -0.553. The van der Waals surface area contributed by atoms with Crippen LogP contribution in [0.3, 0.4) is 0 Å². The van der Waals surface area contributed by atoms with Gasteiger partial charge in [0.05, 0.1) is 12.0 Å². The molecular weight excluding hydrogens is 340 g/mol. The van der Waals surface area contributed by atoms with Crippen molar-refractivity contribution in [3.63, 3.8) is 0 Å². The Kier molecular flexibility index (Phi) is 7.12. The lowest BCUT2D eigenvalue weighted by atomic mass is 9.94. The molecule has 0 radical (unpaired) electrons. The van der Waals surface area contributed by atoms with Crippen LogP contribution in [-0.4, -0.2) is 60.3 Å². The molecule has 5 nitrogen and oxygen atoms in total. The highest BCUT2D eigenvalue weighted by atomic mass is 35.5. The first-order chi connectivity index (χ1) is 11.9. The molecule has 1 aromatic carbocycles. The van der Waals surface area contributed by atoms with Crippen LogP contribution in [0.2, 0.25) is 0 Å². The van der Waals surface area contributed by atoms with Crippen LogP contribution in [0.1, 0.15) is 26.7 Å². The highest BCUT2D eigenvalue weighted by molar-refractivity contribution is 6.19. The number of piperazine rings is 1. The molecule has 0 saturated carbocycles. The lowest BCUT2D eigenvalue weighted by Crippen LogP contribution is -2.53. The molecule has 0 atom stereocenters. The van der Waals surface area contributed by atoms with Crippen molar-refractivity contribution < 1.29 is 14.3 Å². The number of ether oxygens (including phenoxy) is 1. The Morgan fingerprint density at radius 3 is 2.28 bits per heavy atom. The van der Waals surface area contributed by atoms with E-state index in [-0.39, 0.29) is 11.8 Å². The average Bonchev–Trinajstić information content (AvgIpc) is 2.65. The fourth-order valence-electron chi connectivity index (χ4n) is 2.73. The van der Waals surface area contributed by atoms with Gasteiger partial charge in [0.2, 0.25) is 11.8 Å². The maximum Gasteiger partial charge on any atom is 0.229 e. The van der Waals surface area contributed by atoms with Gasteiger partial charge in [-0.25, -0.2) is 0 Å². The summed E-state index contributed by atoms with van der Waals surface area (Å²) in [6.07, 6.45) is 1.15. The first-order valence-electron chi connectivity index (χ1n) is 8.75. The molecular formula is C19H27ClN2O3. The van der Waals surface area contributed by atoms with E-state index in [1.807, 2.05) is 54.0 Å². The normalized spacial score (nSPS) is 15.2. The number of carbonyl (C=O) groups is 2. The molecule has 1 aliphatic rings. The lowest BCUT2D eigenvalue weighted by molar-refractivity contribution is -0.144. The Bertz CT molecular complexity index is 569. The predicted octanol–water partition coefficient (Wildman–Crippen LogP) is 2.78. The second kappa shape index (κ2) is 9.09. The fraction of sp³-hybridized carbons (Fsp3) is 0.579. The number of carbonyl (C=O) groups excluding carboxylic acids is 2. The van der Waals surface area contributed by atoms with Crippen LogP contribution in [0.5, 0.6) is 5.75 Å². The second-order valence-corrected chi connectivity index (χ2v) is 7.22. The van der Waals surface area contributed by atoms with E-state index in [1.165, 1.54) is 0 Å². The first-order valence-corrected chi connectivity index (χ1v) is 9.28. The number of benzene rings is 1. The predicted molar refractivity (Wildman–Crippen MR) is 98.8 cm³/mol. The minimum Gasteiger partial charge on any atom is -0.494 e. The largest absolute Gasteiger partial charge is 0.494 e. The third kappa shape index (κ3) is 5.63. The third-order valence-electron chi connectivity index (χ3n) is 4.38. The van der Waals surface area contributed by atoms with Crippen molar-refractivity contribution in [2.45, 2.75) is 26.7 Å². The van der Waals surface area contributed by atoms with E-state index in [1.54, 1.807) is 0 Å². The Balaban J connectivity index is 1.68. The summed E-state index contributed by atoms with van der Waals surface area (Å²) < 4.78 is 5.61. The summed E-state index contributed by atoms with van der Waals surface area (Å²) in [6, 6.07) is 9.59. The van der Waals surface area contributed by atoms with Gasteiger partial charge in [-0.15, -0.1) is 11.6 Å². The molecule has 2 amide bonds. The van der Waals surface area contributed by atoms with Gasteiger partial charge in [-0.3, -0.25) is 9.59 Å². The Hall–Kier alpha value is -1.75. The van der Waals surface area contributed by atoms with Crippen molar-refractivity contribution in [3.8, 4) is 5.75 Å². The molecule has 1 saturated heterocycles. The van der Waals surface area contributed by atoms with Crippen molar-refractivity contribution in [2.24, 2.45) is 5.41 Å². The molecule has 138 valence electrons. The molecule has 1 heterocycles. The molecule has 1 aromatic rings. The van der Waals surface area contributed by atoms with Gasteiger partial charge < -0.3 is 14.5 Å². The Morgan fingerprint density at radius 2 is 1.68 bits per heavy atom. The van der Waals surface area contributed by atoms with E-state index >= 15 is 0 Å². The maximum atomic E-state index is 12.4. The average molecular weight is 367 g/mol. The van der Waals surface area contributed by atoms with Crippen LogP contribution >= 0.6 is 11.6 Å². The number of halogens is 1. The summed E-state index contributed by atoms with van der Waals surface area (Å²) in [5, 5.41) is 0. The second-order valence-electron chi connectivity index (χ2n) is 6.96. The van der Waals surface area contributed by atoms with Gasteiger partial charge in [-0.1, -0.05) is 18.2 Å². The quantitative estimate of drug-likeness (QED) is 0.550. The third-order valence-corrected chi connectivity index (χ3v) is 5.05. The highest BCUT2D eigenvalue weighted by Crippen LogP contribution is 2.21. The van der Waals surface area contributed by atoms with E-state index in [4.69, 9.17) is 16.3 Å². The van der Waals surface area contributed by atoms with Crippen LogP contribution in [0.4, 0.5) is 0 Å². The number of alkyl halides is 1. The van der Waals surface area contributed by atoms with Gasteiger partial charge >= 0.3 is 0 Å². The van der Waals surface area contributed by atoms with Gasteiger partial charge in [-0.2, -0.15) is 0 Å². The Morgan fingerprint density at radius 1 is 1.08 bits per heavy atom. The number of para-hydroxylation sites is 1. The fourth-order valence-corrected chi connectivity index (χ4v) is 2.85. The van der Waals surface area contributed by atoms with E-state index in [0.29, 0.717) is 51.5 Å². The zero-order valence-electron chi connectivity index (χ0n) is 15.0. The van der Waals surface area contributed by atoms with Crippen molar-refractivity contribution in [3.05, 3.63) is 30.3 Å². The summed E-state index contributed by atoms with van der Waals surface area (Å²) >= 11 is 5.88. The molecule has 2 rings (SSSR count). The summed E-state index contributed by atoms with van der Waals surface area (Å²) in [5.74, 6) is 1.31. The summed E-state index contributed by atoms with van der Waals surface area (Å²) in [7, 11) is 0. The van der Waals surface area contributed by atoms with Crippen molar-refractivity contribution in [1.82, 2.24) is 9.80 Å². The molecule has 1 fully saturated rings. The summed E-state index contributed by atoms with van der Waals surface area (Å²) in [6.45, 7) is 6.55. The van der Waals surface area contributed by atoms with Crippen LogP contribution in [0.15, 0.2) is 30.3 Å². The number of rotatable bonds is 7. The zero-order chi connectivity index (χ0) is 18.3. The number of nitrogens with zero attached hydrogens (tertiary/aromatic N) is 2. The Labute approximate surface area is 154 Å². The number of amides is 2. The molecule has 0 spiro atoms. The van der Waals surface area contributed by atoms with Gasteiger partial charge in [-0.05, 0) is 32.4 Å². The molecule has 0 bridgehead atoms. The van der Waals surface area contributed by atoms with Gasteiger partial charge in [0, 0.05) is 38.5 Å². The summed E-state index contributed by atoms with van der Waals surface area (Å²) in [4.78, 5) is 28.3. The molecule has 0 unspecified atom stereocenters. The molecule has 6 heteroatoms. The van der Waals surface area contributed by atoms with Gasteiger partial charge in [0.15, 0.2) is 0 Å². The highest BCUT2D eigenvalue weighted by Gasteiger charge is 2.33. The summed E-state index contributed by atoms with van der Waals surface area (Å²) in [5.41, 5.74) is -0.553. The van der Waals surface area contributed by atoms with Crippen LogP contribution in [0, 0.1) is 5.41 Å². The smallest absolute Gasteiger partial charge is 0.229 e. The van der Waals surface area contributed by atoms with Crippen molar-refractivity contribution in [1.29, 1.82) is 0 Å². The number of hydrogen-bond donors (Lipinski definition) is 0. The standard InChI is InChI=1S/C19H27ClN2O3/c1-19(2,15-20)18(24)22-12-10-21(11-13-22)17(23)9-6-14-25-16-7-4-3-5-8-16/h3-5,7-8H,6,9-15H2,1-2H3. The molecule has 0 aromatic heterocycles. The van der Waals surface area contributed by atoms with Crippen LogP contribution in [-0.2, 0) is 9.59 Å². The number of hydrogen-bond acceptors (Lipinski definition) is 3. The topological polar surface area (TPSA) is 49.9 Å². The SMILES string of the molecule is CC(C)(CCl)C(=O)N1CCN(C(=O)CCCOc2ccccc2)CC1. The van der Waals surface area contributed by atoms with Crippen LogP contribution in [0.25, 0.3) is 0 Å².